The van der Waals surface area contributed by atoms with Crippen LogP contribution in [0.1, 0.15) is 26.7 Å². The molecule has 160 valence electrons. The van der Waals surface area contributed by atoms with Crippen molar-refractivity contribution in [3.05, 3.63) is 0 Å². The van der Waals surface area contributed by atoms with Crippen LogP contribution in [0.5, 0.6) is 0 Å². The van der Waals surface area contributed by atoms with Gasteiger partial charge in [0.15, 0.2) is 0 Å². The Hall–Kier alpha value is -1.13. The maximum absolute atomic E-state index is 14.0. The summed E-state index contributed by atoms with van der Waals surface area (Å²) in [5.74, 6) is -9.63. The molecule has 16 heteroatoms. The normalized spacial score (nSPS) is 26.8. The zero-order valence-electron chi connectivity index (χ0n) is 13.6. The second-order valence-electron chi connectivity index (χ2n) is 6.12. The summed E-state index contributed by atoms with van der Waals surface area (Å²) in [7, 11) is -13.7. The molecule has 2 atom stereocenters. The lowest BCUT2D eigenvalue weighted by atomic mass is 9.89. The van der Waals surface area contributed by atoms with Crippen LogP contribution in [0.25, 0.3) is 0 Å². The van der Waals surface area contributed by atoms with Crippen molar-refractivity contribution in [2.24, 2.45) is 5.92 Å². The predicted octanol–water partition coefficient (Wildman–Crippen LogP) is 1.60. The number of sulfonamides is 1. The van der Waals surface area contributed by atoms with Gasteiger partial charge < -0.3 is 5.11 Å². The number of piperidine rings is 1. The fourth-order valence-electron chi connectivity index (χ4n) is 2.86. The van der Waals surface area contributed by atoms with Crippen molar-refractivity contribution in [2.45, 2.75) is 55.2 Å². The van der Waals surface area contributed by atoms with Crippen LogP contribution in [0.3, 0.4) is 0 Å². The summed E-state index contributed by atoms with van der Waals surface area (Å²) in [5, 5.41) is -4.54. The van der Waals surface area contributed by atoms with Gasteiger partial charge in [-0.25, -0.2) is 8.42 Å². The Morgan fingerprint density at radius 3 is 1.59 bits per heavy atom. The molecule has 2 N–H and O–H groups in total. The Kier molecular flexibility index (Phi) is 5.96. The first-order valence-corrected chi connectivity index (χ1v) is 9.97. The van der Waals surface area contributed by atoms with Crippen molar-refractivity contribution in [1.82, 2.24) is 4.31 Å². The van der Waals surface area contributed by atoms with Gasteiger partial charge in [-0.15, -0.1) is 0 Å². The molecule has 27 heavy (non-hydrogen) atoms. The molecule has 0 aromatic rings. The smallest absolute Gasteiger partial charge is 0.439 e. The van der Waals surface area contributed by atoms with Crippen LogP contribution in [0, 0.1) is 5.92 Å². The maximum Gasteiger partial charge on any atom is 0.439 e. The predicted molar refractivity (Wildman–Crippen MR) is 76.4 cm³/mol. The number of carbonyl (C=O) groups is 1. The third-order valence-electron chi connectivity index (χ3n) is 4.13. The molecule has 0 aromatic heterocycles. The fourth-order valence-corrected chi connectivity index (χ4v) is 5.22. The molecule has 1 aliphatic rings. The highest BCUT2D eigenvalue weighted by molar-refractivity contribution is 7.90. The summed E-state index contributed by atoms with van der Waals surface area (Å²) < 4.78 is 135. The average molecular weight is 451 g/mol. The number of hydrogen-bond donors (Lipinski definition) is 2. The van der Waals surface area contributed by atoms with E-state index in [1.54, 1.807) is 0 Å². The molecule has 1 aliphatic heterocycles. The summed E-state index contributed by atoms with van der Waals surface area (Å²) in [4.78, 5) is 11.0. The Morgan fingerprint density at radius 2 is 1.30 bits per heavy atom. The molecule has 0 aromatic carbocycles. The first-order chi connectivity index (χ1) is 11.7. The summed E-state index contributed by atoms with van der Waals surface area (Å²) >= 11 is 0. The highest BCUT2D eigenvalue weighted by Crippen LogP contribution is 2.52. The van der Waals surface area contributed by atoms with Crippen molar-refractivity contribution in [1.29, 1.82) is 0 Å². The third kappa shape index (κ3) is 3.51. The molecule has 0 aliphatic carbocycles. The van der Waals surface area contributed by atoms with Gasteiger partial charge in [0, 0.05) is 12.1 Å². The quantitative estimate of drug-likeness (QED) is 0.464. The SMILES string of the molecule is CC1CC(C(=O)O)CC(C)N1S(=O)(=O)C(F)(F)C(F)(F)C(F)(F)S(=O)(=O)O. The number of carboxylic acid groups (broad SMARTS) is 1. The largest absolute Gasteiger partial charge is 0.481 e. The van der Waals surface area contributed by atoms with Crippen LogP contribution < -0.4 is 0 Å². The lowest BCUT2D eigenvalue weighted by molar-refractivity contribution is -0.247. The number of hydrogen-bond acceptors (Lipinski definition) is 5. The van der Waals surface area contributed by atoms with Crippen LogP contribution >= 0.6 is 0 Å². The van der Waals surface area contributed by atoms with E-state index in [9.17, 15) is 48.0 Å². The van der Waals surface area contributed by atoms with E-state index < -0.39 is 73.4 Å². The first kappa shape index (κ1) is 23.9. The van der Waals surface area contributed by atoms with Crippen molar-refractivity contribution < 1.29 is 57.6 Å². The first-order valence-electron chi connectivity index (χ1n) is 7.09. The summed E-state index contributed by atoms with van der Waals surface area (Å²) in [5.41, 5.74) is 0. The molecule has 1 rings (SSSR count). The van der Waals surface area contributed by atoms with E-state index in [0.717, 1.165) is 13.8 Å². The summed E-state index contributed by atoms with van der Waals surface area (Å²) in [6.07, 6.45) is -1.15. The van der Waals surface area contributed by atoms with E-state index in [2.05, 4.69) is 0 Å². The Labute approximate surface area is 149 Å². The minimum atomic E-state index is -7.11. The average Bonchev–Trinajstić information content (AvgIpc) is 2.44. The zero-order chi connectivity index (χ0) is 21.8. The van der Waals surface area contributed by atoms with E-state index >= 15 is 0 Å². The van der Waals surface area contributed by atoms with Crippen LogP contribution in [-0.2, 0) is 24.9 Å². The van der Waals surface area contributed by atoms with Crippen LogP contribution in [0.2, 0.25) is 0 Å². The number of carboxylic acids is 1. The molecule has 0 amide bonds. The molecular weight excluding hydrogens is 436 g/mol. The maximum atomic E-state index is 14.0. The molecule has 8 nitrogen and oxygen atoms in total. The lowest BCUT2D eigenvalue weighted by Gasteiger charge is -2.43. The minimum absolute atomic E-state index is 0.250. The summed E-state index contributed by atoms with van der Waals surface area (Å²) in [6.45, 7) is 1.80. The molecule has 0 radical (unpaired) electrons. The van der Waals surface area contributed by atoms with Crippen molar-refractivity contribution >= 4 is 26.1 Å². The van der Waals surface area contributed by atoms with Gasteiger partial charge in [0.05, 0.1) is 5.92 Å². The van der Waals surface area contributed by atoms with E-state index in [1.807, 2.05) is 0 Å². The highest BCUT2D eigenvalue weighted by atomic mass is 32.2. The van der Waals surface area contributed by atoms with E-state index in [0.29, 0.717) is 0 Å². The molecular formula is C11H15F6NO7S2. The fraction of sp³-hybridized carbons (Fsp3) is 0.909. The summed E-state index contributed by atoms with van der Waals surface area (Å²) in [6, 6.07) is -3.19. The number of rotatable bonds is 6. The lowest BCUT2D eigenvalue weighted by Crippen LogP contribution is -2.65. The van der Waals surface area contributed by atoms with Gasteiger partial charge >= 0.3 is 32.5 Å². The van der Waals surface area contributed by atoms with Gasteiger partial charge in [-0.3, -0.25) is 9.35 Å². The number of alkyl halides is 6. The van der Waals surface area contributed by atoms with Crippen LogP contribution in [0.15, 0.2) is 0 Å². The number of halogens is 6. The minimum Gasteiger partial charge on any atom is -0.481 e. The van der Waals surface area contributed by atoms with E-state index in [-0.39, 0.29) is 4.31 Å². The molecule has 1 fully saturated rings. The molecule has 0 bridgehead atoms. The molecule has 2 unspecified atom stereocenters. The van der Waals surface area contributed by atoms with Gasteiger partial charge in [-0.05, 0) is 26.7 Å². The second-order valence-corrected chi connectivity index (χ2v) is 9.47. The Bertz CT molecular complexity index is 801. The van der Waals surface area contributed by atoms with Gasteiger partial charge in [-0.2, -0.15) is 39.1 Å². The second kappa shape index (κ2) is 6.73. The zero-order valence-corrected chi connectivity index (χ0v) is 15.2. The van der Waals surface area contributed by atoms with Crippen molar-refractivity contribution in [3.63, 3.8) is 0 Å². The standard InChI is InChI=1S/C11H15F6NO7S2/c1-5-3-7(8(19)20)4-6(2)18(5)26(21,22)10(14,15)9(12,13)11(16,17)27(23,24)25/h5-7H,3-4H2,1-2H3,(H,19,20)(H,23,24,25). The molecule has 0 saturated carbocycles. The van der Waals surface area contributed by atoms with E-state index in [4.69, 9.17) is 9.66 Å². The Balaban J connectivity index is 3.47. The topological polar surface area (TPSA) is 129 Å². The van der Waals surface area contributed by atoms with Crippen molar-refractivity contribution in [3.8, 4) is 0 Å². The van der Waals surface area contributed by atoms with Gasteiger partial charge in [0.2, 0.25) is 0 Å². The van der Waals surface area contributed by atoms with Gasteiger partial charge in [-0.1, -0.05) is 0 Å². The van der Waals surface area contributed by atoms with Gasteiger partial charge in [0.1, 0.15) is 0 Å². The van der Waals surface area contributed by atoms with E-state index in [1.165, 1.54) is 0 Å². The molecule has 1 saturated heterocycles. The van der Waals surface area contributed by atoms with Crippen LogP contribution in [0.4, 0.5) is 26.3 Å². The number of aliphatic carboxylic acids is 1. The Morgan fingerprint density at radius 1 is 0.926 bits per heavy atom. The monoisotopic (exact) mass is 451 g/mol. The van der Waals surface area contributed by atoms with Crippen molar-refractivity contribution in [2.75, 3.05) is 0 Å². The molecule has 1 heterocycles. The third-order valence-corrected chi connectivity index (χ3v) is 7.21. The highest BCUT2D eigenvalue weighted by Gasteiger charge is 2.83. The van der Waals surface area contributed by atoms with Gasteiger partial charge in [0.25, 0.3) is 10.0 Å². The number of nitrogens with zero attached hydrogens (tertiary/aromatic N) is 1. The van der Waals surface area contributed by atoms with Crippen LogP contribution in [-0.4, -0.2) is 65.3 Å². The molecule has 0 spiro atoms.